The molecule has 0 aliphatic carbocycles. The summed E-state index contributed by atoms with van der Waals surface area (Å²) in [5.74, 6) is 0.104. The summed E-state index contributed by atoms with van der Waals surface area (Å²) >= 11 is 0. The number of rotatable bonds is 7. The van der Waals surface area contributed by atoms with Gasteiger partial charge in [-0.05, 0) is 31.9 Å². The summed E-state index contributed by atoms with van der Waals surface area (Å²) in [5.41, 5.74) is 5.88. The van der Waals surface area contributed by atoms with E-state index in [2.05, 4.69) is 5.32 Å². The van der Waals surface area contributed by atoms with Gasteiger partial charge in [-0.25, -0.2) is 4.79 Å². The van der Waals surface area contributed by atoms with Crippen LogP contribution >= 0.6 is 0 Å². The molecule has 0 saturated heterocycles. The van der Waals surface area contributed by atoms with Gasteiger partial charge in [0.1, 0.15) is 0 Å². The minimum absolute atomic E-state index is 0.104. The number of unbranched alkanes of at least 4 members (excludes halogenated alkanes) is 1. The van der Waals surface area contributed by atoms with Crippen molar-refractivity contribution in [2.45, 2.75) is 26.2 Å². The Morgan fingerprint density at radius 1 is 1.21 bits per heavy atom. The molecule has 104 valence electrons. The van der Waals surface area contributed by atoms with Crippen molar-refractivity contribution in [3.05, 3.63) is 30.3 Å². The zero-order chi connectivity index (χ0) is 14.1. The Bertz CT molecular complexity index is 406. The number of para-hydroxylation sites is 1. The Hall–Kier alpha value is -2.04. The topological polar surface area (TPSA) is 75.4 Å². The molecule has 0 atom stereocenters. The molecule has 0 unspecified atom stereocenters. The first-order chi connectivity index (χ1) is 9.15. The number of nitrogens with two attached hydrogens (primary N) is 1. The van der Waals surface area contributed by atoms with Crippen LogP contribution in [0.1, 0.15) is 26.2 Å². The fourth-order valence-electron chi connectivity index (χ4n) is 1.86. The molecule has 0 fully saturated rings. The van der Waals surface area contributed by atoms with E-state index in [0.717, 1.165) is 18.5 Å². The fourth-order valence-corrected chi connectivity index (χ4v) is 1.86. The van der Waals surface area contributed by atoms with E-state index < -0.39 is 6.03 Å². The molecular formula is C14H21N3O2. The number of amides is 3. The van der Waals surface area contributed by atoms with Crippen molar-refractivity contribution >= 4 is 17.6 Å². The highest BCUT2D eigenvalue weighted by Crippen LogP contribution is 2.14. The predicted octanol–water partition coefficient (Wildman–Crippen LogP) is 1.88. The maximum Gasteiger partial charge on any atom is 0.312 e. The van der Waals surface area contributed by atoms with E-state index >= 15 is 0 Å². The summed E-state index contributed by atoms with van der Waals surface area (Å²) < 4.78 is 0. The number of hydrogen-bond donors (Lipinski definition) is 2. The maximum atomic E-state index is 12.1. The van der Waals surface area contributed by atoms with E-state index in [1.165, 1.54) is 0 Å². The zero-order valence-electron chi connectivity index (χ0n) is 11.3. The van der Waals surface area contributed by atoms with Crippen molar-refractivity contribution in [3.8, 4) is 0 Å². The summed E-state index contributed by atoms with van der Waals surface area (Å²) in [6, 6.07) is 9.10. The second kappa shape index (κ2) is 8.13. The fraction of sp³-hybridized carbons (Fsp3) is 0.429. The standard InChI is InChI=1S/C14H21N3O2/c1-2-17(12-8-4-3-5-9-12)13(18)10-6-7-11-16-14(15)19/h3-5,8-9H,2,6-7,10-11H2,1H3,(H3,15,16,19). The van der Waals surface area contributed by atoms with Crippen LogP contribution in [0, 0.1) is 0 Å². The number of nitrogens with one attached hydrogen (secondary N) is 1. The van der Waals surface area contributed by atoms with Crippen LogP contribution in [0.25, 0.3) is 0 Å². The van der Waals surface area contributed by atoms with Crippen LogP contribution in [-0.2, 0) is 4.79 Å². The summed E-state index contributed by atoms with van der Waals surface area (Å²) in [6.45, 7) is 3.13. The zero-order valence-corrected chi connectivity index (χ0v) is 11.3. The van der Waals surface area contributed by atoms with Crippen molar-refractivity contribution in [3.63, 3.8) is 0 Å². The van der Waals surface area contributed by atoms with Gasteiger partial charge in [0.15, 0.2) is 0 Å². The molecular weight excluding hydrogens is 242 g/mol. The molecule has 0 radical (unpaired) electrons. The lowest BCUT2D eigenvalue weighted by molar-refractivity contribution is -0.118. The van der Waals surface area contributed by atoms with E-state index in [1.807, 2.05) is 37.3 Å². The number of carbonyl (C=O) groups excluding carboxylic acids is 2. The van der Waals surface area contributed by atoms with Gasteiger partial charge in [-0.3, -0.25) is 4.79 Å². The summed E-state index contributed by atoms with van der Waals surface area (Å²) in [4.78, 5) is 24.3. The van der Waals surface area contributed by atoms with E-state index in [0.29, 0.717) is 19.5 Å². The third-order valence-corrected chi connectivity index (χ3v) is 2.80. The van der Waals surface area contributed by atoms with Crippen LogP contribution in [0.2, 0.25) is 0 Å². The van der Waals surface area contributed by atoms with Gasteiger partial charge in [0.05, 0.1) is 0 Å². The average molecular weight is 263 g/mol. The maximum absolute atomic E-state index is 12.1. The minimum Gasteiger partial charge on any atom is -0.352 e. The first-order valence-electron chi connectivity index (χ1n) is 6.54. The lowest BCUT2D eigenvalue weighted by Gasteiger charge is -2.21. The number of benzene rings is 1. The summed E-state index contributed by atoms with van der Waals surface area (Å²) in [5, 5.41) is 2.51. The van der Waals surface area contributed by atoms with Gasteiger partial charge in [0.2, 0.25) is 5.91 Å². The molecule has 3 N–H and O–H groups in total. The molecule has 0 saturated carbocycles. The molecule has 19 heavy (non-hydrogen) atoms. The second-order valence-electron chi connectivity index (χ2n) is 4.22. The predicted molar refractivity (Wildman–Crippen MR) is 75.9 cm³/mol. The SMILES string of the molecule is CCN(C(=O)CCCCNC(N)=O)c1ccccc1. The molecule has 0 bridgehead atoms. The van der Waals surface area contributed by atoms with Crippen LogP contribution < -0.4 is 16.0 Å². The van der Waals surface area contributed by atoms with Gasteiger partial charge < -0.3 is 16.0 Å². The average Bonchev–Trinajstić information content (AvgIpc) is 2.40. The number of hydrogen-bond acceptors (Lipinski definition) is 2. The van der Waals surface area contributed by atoms with Gasteiger partial charge in [0.25, 0.3) is 0 Å². The van der Waals surface area contributed by atoms with Crippen molar-refractivity contribution < 1.29 is 9.59 Å². The Balaban J connectivity index is 2.37. The van der Waals surface area contributed by atoms with Crippen LogP contribution in [0.5, 0.6) is 0 Å². The number of anilines is 1. The number of nitrogens with zero attached hydrogens (tertiary/aromatic N) is 1. The third-order valence-electron chi connectivity index (χ3n) is 2.80. The van der Waals surface area contributed by atoms with Crippen molar-refractivity contribution in [2.75, 3.05) is 18.0 Å². The molecule has 1 aromatic rings. The van der Waals surface area contributed by atoms with E-state index in [4.69, 9.17) is 5.73 Å². The van der Waals surface area contributed by atoms with E-state index in [9.17, 15) is 9.59 Å². The molecule has 1 rings (SSSR count). The van der Waals surface area contributed by atoms with Crippen LogP contribution in [0.15, 0.2) is 30.3 Å². The van der Waals surface area contributed by atoms with E-state index in [-0.39, 0.29) is 5.91 Å². The first kappa shape index (κ1) is 15.0. The summed E-state index contributed by atoms with van der Waals surface area (Å²) in [7, 11) is 0. The highest BCUT2D eigenvalue weighted by atomic mass is 16.2. The largest absolute Gasteiger partial charge is 0.352 e. The number of urea groups is 1. The molecule has 5 nitrogen and oxygen atoms in total. The van der Waals surface area contributed by atoms with Crippen LogP contribution in [0.3, 0.4) is 0 Å². The minimum atomic E-state index is -0.522. The lowest BCUT2D eigenvalue weighted by atomic mass is 10.2. The first-order valence-corrected chi connectivity index (χ1v) is 6.54. The molecule has 1 aromatic carbocycles. The van der Waals surface area contributed by atoms with Crippen molar-refractivity contribution in [2.24, 2.45) is 5.73 Å². The highest BCUT2D eigenvalue weighted by molar-refractivity contribution is 5.93. The van der Waals surface area contributed by atoms with Crippen LogP contribution in [0.4, 0.5) is 10.5 Å². The Kier molecular flexibility index (Phi) is 6.43. The Morgan fingerprint density at radius 3 is 2.47 bits per heavy atom. The van der Waals surface area contributed by atoms with Gasteiger partial charge >= 0.3 is 6.03 Å². The molecule has 5 heteroatoms. The lowest BCUT2D eigenvalue weighted by Crippen LogP contribution is -2.31. The second-order valence-corrected chi connectivity index (χ2v) is 4.22. The monoisotopic (exact) mass is 263 g/mol. The Labute approximate surface area is 113 Å². The molecule has 0 aromatic heterocycles. The third kappa shape index (κ3) is 5.42. The van der Waals surface area contributed by atoms with Crippen molar-refractivity contribution in [1.82, 2.24) is 5.32 Å². The Morgan fingerprint density at radius 2 is 1.89 bits per heavy atom. The smallest absolute Gasteiger partial charge is 0.312 e. The summed E-state index contributed by atoms with van der Waals surface area (Å²) in [6.07, 6.45) is 1.96. The molecule has 0 aliphatic heterocycles. The van der Waals surface area contributed by atoms with Crippen LogP contribution in [-0.4, -0.2) is 25.0 Å². The normalized spacial score (nSPS) is 9.95. The quantitative estimate of drug-likeness (QED) is 0.737. The van der Waals surface area contributed by atoms with Crippen molar-refractivity contribution in [1.29, 1.82) is 0 Å². The molecule has 0 spiro atoms. The highest BCUT2D eigenvalue weighted by Gasteiger charge is 2.12. The molecule has 0 heterocycles. The molecule has 0 aliphatic rings. The number of primary amides is 1. The van der Waals surface area contributed by atoms with Gasteiger partial charge in [-0.1, -0.05) is 18.2 Å². The van der Waals surface area contributed by atoms with Gasteiger partial charge in [-0.2, -0.15) is 0 Å². The van der Waals surface area contributed by atoms with Gasteiger partial charge in [-0.15, -0.1) is 0 Å². The van der Waals surface area contributed by atoms with E-state index in [1.54, 1.807) is 4.90 Å². The molecule has 3 amide bonds. The van der Waals surface area contributed by atoms with Gasteiger partial charge in [0, 0.05) is 25.2 Å². The number of carbonyl (C=O) groups is 2.